The van der Waals surface area contributed by atoms with Gasteiger partial charge in [0, 0.05) is 11.3 Å². The van der Waals surface area contributed by atoms with E-state index in [-0.39, 0.29) is 4.75 Å². The van der Waals surface area contributed by atoms with E-state index in [4.69, 9.17) is 5.11 Å². The second kappa shape index (κ2) is 6.14. The van der Waals surface area contributed by atoms with Crippen molar-refractivity contribution < 1.29 is 14.7 Å². The van der Waals surface area contributed by atoms with Gasteiger partial charge < -0.3 is 15.7 Å². The summed E-state index contributed by atoms with van der Waals surface area (Å²) in [5.41, 5.74) is 0. The highest BCUT2D eigenvalue weighted by Gasteiger charge is 2.33. The summed E-state index contributed by atoms with van der Waals surface area (Å²) >= 11 is 1.79. The van der Waals surface area contributed by atoms with Crippen molar-refractivity contribution in [2.24, 2.45) is 0 Å². The second-order valence-corrected chi connectivity index (χ2v) is 5.76. The molecule has 0 aromatic heterocycles. The second-order valence-electron chi connectivity index (χ2n) is 4.48. The number of carboxylic acid groups (broad SMARTS) is 1. The van der Waals surface area contributed by atoms with Crippen molar-refractivity contribution in [3.63, 3.8) is 0 Å². The van der Waals surface area contributed by atoms with E-state index in [0.29, 0.717) is 6.54 Å². The number of carbonyl (C=O) groups excluding carboxylic acids is 1. The monoisotopic (exact) mass is 260 g/mol. The normalized spacial score (nSPS) is 19.6. The highest BCUT2D eigenvalue weighted by molar-refractivity contribution is 8.00. The predicted octanol–water partition coefficient (Wildman–Crippen LogP) is 1.43. The first-order valence-electron chi connectivity index (χ1n) is 5.81. The van der Waals surface area contributed by atoms with Crippen molar-refractivity contribution in [3.05, 3.63) is 0 Å². The van der Waals surface area contributed by atoms with Crippen molar-refractivity contribution in [2.75, 3.05) is 12.8 Å². The summed E-state index contributed by atoms with van der Waals surface area (Å²) in [7, 11) is 0. The number of aliphatic carboxylic acids is 1. The van der Waals surface area contributed by atoms with Gasteiger partial charge in [-0.2, -0.15) is 11.8 Å². The number of rotatable bonds is 5. The molecule has 0 spiro atoms. The fourth-order valence-corrected chi connectivity index (χ4v) is 2.94. The molecule has 6 heteroatoms. The van der Waals surface area contributed by atoms with Crippen LogP contribution in [0.4, 0.5) is 4.79 Å². The maximum absolute atomic E-state index is 11.5. The number of amides is 2. The average Bonchev–Trinajstić information content (AvgIpc) is 2.75. The number of nitrogens with one attached hydrogen (secondary N) is 2. The van der Waals surface area contributed by atoms with Gasteiger partial charge in [0.2, 0.25) is 0 Å². The van der Waals surface area contributed by atoms with Crippen LogP contribution in [0.3, 0.4) is 0 Å². The molecular formula is C11H20N2O3S. The molecule has 0 bridgehead atoms. The van der Waals surface area contributed by atoms with Crippen LogP contribution in [-0.2, 0) is 4.79 Å². The van der Waals surface area contributed by atoms with E-state index < -0.39 is 18.0 Å². The first-order valence-corrected chi connectivity index (χ1v) is 7.04. The summed E-state index contributed by atoms with van der Waals surface area (Å²) in [6.45, 7) is 2.05. The highest BCUT2D eigenvalue weighted by Crippen LogP contribution is 2.39. The fraction of sp³-hybridized carbons (Fsp3) is 0.818. The summed E-state index contributed by atoms with van der Waals surface area (Å²) in [5, 5.41) is 13.8. The third-order valence-electron chi connectivity index (χ3n) is 3.24. The molecule has 0 heterocycles. The maximum atomic E-state index is 11.5. The van der Waals surface area contributed by atoms with Crippen LogP contribution in [0.25, 0.3) is 0 Å². The van der Waals surface area contributed by atoms with Crippen LogP contribution in [-0.4, -0.2) is 40.7 Å². The number of carboxylic acids is 1. The van der Waals surface area contributed by atoms with E-state index in [1.165, 1.54) is 19.8 Å². The zero-order valence-corrected chi connectivity index (χ0v) is 11.1. The lowest BCUT2D eigenvalue weighted by Gasteiger charge is -2.27. The smallest absolute Gasteiger partial charge is 0.325 e. The van der Waals surface area contributed by atoms with Gasteiger partial charge in [-0.05, 0) is 26.0 Å². The van der Waals surface area contributed by atoms with E-state index >= 15 is 0 Å². The zero-order chi connectivity index (χ0) is 12.9. The maximum Gasteiger partial charge on any atom is 0.325 e. The molecule has 1 fully saturated rings. The molecule has 1 rings (SSSR count). The molecule has 0 saturated heterocycles. The average molecular weight is 260 g/mol. The summed E-state index contributed by atoms with van der Waals surface area (Å²) < 4.78 is 0.143. The molecule has 0 aromatic rings. The number of carbonyl (C=O) groups is 2. The van der Waals surface area contributed by atoms with E-state index in [1.807, 2.05) is 0 Å². The van der Waals surface area contributed by atoms with Gasteiger partial charge in [-0.15, -0.1) is 0 Å². The lowest BCUT2D eigenvalue weighted by molar-refractivity contribution is -0.138. The minimum Gasteiger partial charge on any atom is -0.480 e. The minimum absolute atomic E-state index is 0.143. The molecule has 5 nitrogen and oxygen atoms in total. The van der Waals surface area contributed by atoms with Crippen LogP contribution in [0.1, 0.15) is 32.6 Å². The van der Waals surface area contributed by atoms with Crippen LogP contribution in [0.5, 0.6) is 0 Å². The molecule has 1 aliphatic rings. The van der Waals surface area contributed by atoms with Crippen molar-refractivity contribution >= 4 is 23.8 Å². The first-order chi connectivity index (χ1) is 7.99. The highest BCUT2D eigenvalue weighted by atomic mass is 32.2. The number of thioether (sulfide) groups is 1. The molecule has 1 atom stereocenters. The topological polar surface area (TPSA) is 78.4 Å². The number of urea groups is 1. The Kier molecular flexibility index (Phi) is 5.11. The summed E-state index contributed by atoms with van der Waals surface area (Å²) in [4.78, 5) is 22.0. The fourth-order valence-electron chi connectivity index (χ4n) is 2.02. The van der Waals surface area contributed by atoms with Gasteiger partial charge in [0.15, 0.2) is 0 Å². The van der Waals surface area contributed by atoms with Crippen LogP contribution >= 0.6 is 11.8 Å². The Hall–Kier alpha value is -0.910. The Morgan fingerprint density at radius 1 is 1.41 bits per heavy atom. The molecule has 98 valence electrons. The van der Waals surface area contributed by atoms with E-state index in [1.54, 1.807) is 11.8 Å². The van der Waals surface area contributed by atoms with Crippen LogP contribution < -0.4 is 10.6 Å². The summed E-state index contributed by atoms with van der Waals surface area (Å²) in [5.74, 6) is -1.03. The van der Waals surface area contributed by atoms with E-state index in [2.05, 4.69) is 16.9 Å². The summed E-state index contributed by atoms with van der Waals surface area (Å²) in [6, 6.07) is -1.26. The van der Waals surface area contributed by atoms with Gasteiger partial charge in [-0.25, -0.2) is 4.79 Å². The van der Waals surface area contributed by atoms with Gasteiger partial charge in [-0.3, -0.25) is 4.79 Å². The molecule has 1 unspecified atom stereocenters. The van der Waals surface area contributed by atoms with Crippen molar-refractivity contribution in [2.45, 2.75) is 43.4 Å². The lowest BCUT2D eigenvalue weighted by Crippen LogP contribution is -2.48. The number of hydrogen-bond acceptors (Lipinski definition) is 3. The largest absolute Gasteiger partial charge is 0.480 e. The van der Waals surface area contributed by atoms with E-state index in [0.717, 1.165) is 12.8 Å². The molecule has 2 amide bonds. The van der Waals surface area contributed by atoms with Gasteiger partial charge in [0.05, 0.1) is 0 Å². The third kappa shape index (κ3) is 4.11. The Morgan fingerprint density at radius 2 is 2.00 bits per heavy atom. The Labute approximate surface area is 106 Å². The molecular weight excluding hydrogens is 240 g/mol. The van der Waals surface area contributed by atoms with Gasteiger partial charge >= 0.3 is 12.0 Å². The van der Waals surface area contributed by atoms with Crippen molar-refractivity contribution in [1.29, 1.82) is 0 Å². The summed E-state index contributed by atoms with van der Waals surface area (Å²) in [6.07, 6.45) is 6.70. The lowest BCUT2D eigenvalue weighted by atomic mass is 10.1. The van der Waals surface area contributed by atoms with Crippen LogP contribution in [0.15, 0.2) is 0 Å². The molecule has 0 aliphatic heterocycles. The standard InChI is InChI=1S/C11H20N2O3S/c1-8(9(14)15)13-10(16)12-7-11(17-2)5-3-4-6-11/h8H,3-7H2,1-2H3,(H,14,15)(H2,12,13,16). The zero-order valence-electron chi connectivity index (χ0n) is 10.3. The Morgan fingerprint density at radius 3 is 2.47 bits per heavy atom. The predicted molar refractivity (Wildman–Crippen MR) is 68.3 cm³/mol. The SMILES string of the molecule is CSC1(CNC(=O)NC(C)C(=O)O)CCCC1. The Bertz CT molecular complexity index is 290. The quantitative estimate of drug-likeness (QED) is 0.699. The third-order valence-corrected chi connectivity index (χ3v) is 4.66. The van der Waals surface area contributed by atoms with Crippen molar-refractivity contribution in [3.8, 4) is 0 Å². The van der Waals surface area contributed by atoms with Crippen LogP contribution in [0.2, 0.25) is 0 Å². The molecule has 17 heavy (non-hydrogen) atoms. The van der Waals surface area contributed by atoms with Gasteiger partial charge in [-0.1, -0.05) is 12.8 Å². The van der Waals surface area contributed by atoms with Gasteiger partial charge in [0.25, 0.3) is 0 Å². The van der Waals surface area contributed by atoms with Gasteiger partial charge in [0.1, 0.15) is 6.04 Å². The van der Waals surface area contributed by atoms with E-state index in [9.17, 15) is 9.59 Å². The first kappa shape index (κ1) is 14.2. The number of hydrogen-bond donors (Lipinski definition) is 3. The molecule has 1 aliphatic carbocycles. The van der Waals surface area contributed by atoms with Crippen molar-refractivity contribution in [1.82, 2.24) is 10.6 Å². The molecule has 0 aromatic carbocycles. The molecule has 0 radical (unpaired) electrons. The Balaban J connectivity index is 2.34. The molecule has 3 N–H and O–H groups in total. The van der Waals surface area contributed by atoms with Crippen LogP contribution in [0, 0.1) is 0 Å². The minimum atomic E-state index is -1.03. The molecule has 1 saturated carbocycles.